The van der Waals surface area contributed by atoms with E-state index in [4.69, 9.17) is 20.9 Å². The Hall–Kier alpha value is -1.67. The van der Waals surface area contributed by atoms with E-state index < -0.39 is 0 Å². The third-order valence-corrected chi connectivity index (χ3v) is 1.91. The van der Waals surface area contributed by atoms with Gasteiger partial charge in [0.2, 0.25) is 17.8 Å². The van der Waals surface area contributed by atoms with Crippen molar-refractivity contribution in [1.82, 2.24) is 15.0 Å². The zero-order valence-electron chi connectivity index (χ0n) is 10.9. The van der Waals surface area contributed by atoms with E-state index >= 15 is 0 Å². The van der Waals surface area contributed by atoms with Gasteiger partial charge >= 0.3 is 0 Å². The molecule has 102 valence electrons. The van der Waals surface area contributed by atoms with Crippen LogP contribution in [-0.4, -0.2) is 41.5 Å². The monoisotopic (exact) mass is 256 g/mol. The number of nitrogens with two attached hydrogens (primary N) is 2. The Balaban J connectivity index is 2.63. The van der Waals surface area contributed by atoms with Crippen LogP contribution < -0.4 is 16.8 Å². The van der Waals surface area contributed by atoms with Crippen molar-refractivity contribution in [2.75, 3.05) is 37.1 Å². The van der Waals surface area contributed by atoms with Crippen LogP contribution in [0.15, 0.2) is 0 Å². The van der Waals surface area contributed by atoms with E-state index in [0.717, 1.165) is 0 Å². The summed E-state index contributed by atoms with van der Waals surface area (Å²) >= 11 is 0. The Morgan fingerprint density at radius 2 is 1.72 bits per heavy atom. The van der Waals surface area contributed by atoms with Crippen molar-refractivity contribution in [3.05, 3.63) is 0 Å². The molecule has 1 atom stereocenters. The highest BCUT2D eigenvalue weighted by Crippen LogP contribution is 2.07. The van der Waals surface area contributed by atoms with Crippen LogP contribution in [0.25, 0.3) is 0 Å². The van der Waals surface area contributed by atoms with Crippen LogP contribution in [0.5, 0.6) is 0 Å². The van der Waals surface area contributed by atoms with Gasteiger partial charge in [0.25, 0.3) is 0 Å². The summed E-state index contributed by atoms with van der Waals surface area (Å²) < 4.78 is 10.7. The maximum atomic E-state index is 5.61. The predicted molar refractivity (Wildman–Crippen MR) is 68.7 cm³/mol. The summed E-state index contributed by atoms with van der Waals surface area (Å²) in [5, 5.41) is 2.95. The first kappa shape index (κ1) is 14.4. The minimum absolute atomic E-state index is 0.0602. The van der Waals surface area contributed by atoms with E-state index in [1.54, 1.807) is 7.11 Å². The molecule has 0 aliphatic heterocycles. The van der Waals surface area contributed by atoms with Crippen LogP contribution >= 0.6 is 0 Å². The molecule has 1 aromatic rings. The molecule has 1 heterocycles. The molecule has 8 nitrogen and oxygen atoms in total. The smallest absolute Gasteiger partial charge is 0.231 e. The van der Waals surface area contributed by atoms with Gasteiger partial charge in [-0.1, -0.05) is 13.8 Å². The average Bonchev–Trinajstić information content (AvgIpc) is 2.24. The molecule has 0 saturated carbocycles. The van der Waals surface area contributed by atoms with Gasteiger partial charge in [-0.15, -0.1) is 0 Å². The van der Waals surface area contributed by atoms with Crippen LogP contribution in [0.3, 0.4) is 0 Å². The van der Waals surface area contributed by atoms with E-state index in [9.17, 15) is 0 Å². The van der Waals surface area contributed by atoms with Crippen molar-refractivity contribution in [3.8, 4) is 0 Å². The Bertz CT molecular complexity index is 353. The number of aromatic nitrogens is 3. The fraction of sp³-hybridized carbons (Fsp3) is 0.700. The largest absolute Gasteiger partial charge is 0.380 e. The molecular formula is C10H20N6O2. The molecule has 0 amide bonds. The Morgan fingerprint density at radius 3 is 2.22 bits per heavy atom. The standard InChI is InChI=1S/C10H20N6O2/c1-6(2)4-18-7(5-17-3)13-10-15-8(11)14-9(12)16-10/h6-7H,4-5H2,1-3H3,(H5,11,12,13,14,15,16). The van der Waals surface area contributed by atoms with Gasteiger partial charge in [-0.3, -0.25) is 0 Å². The molecule has 0 bridgehead atoms. The highest BCUT2D eigenvalue weighted by molar-refractivity contribution is 5.37. The lowest BCUT2D eigenvalue weighted by molar-refractivity contribution is 0.00266. The van der Waals surface area contributed by atoms with E-state index in [0.29, 0.717) is 19.1 Å². The van der Waals surface area contributed by atoms with Gasteiger partial charge in [0, 0.05) is 7.11 Å². The van der Waals surface area contributed by atoms with Crippen LogP contribution in [0, 0.1) is 5.92 Å². The third-order valence-electron chi connectivity index (χ3n) is 1.91. The lowest BCUT2D eigenvalue weighted by Gasteiger charge is -2.19. The summed E-state index contributed by atoms with van der Waals surface area (Å²) in [5.41, 5.74) is 11.0. The van der Waals surface area contributed by atoms with Crippen LogP contribution in [0.1, 0.15) is 13.8 Å². The number of methoxy groups -OCH3 is 1. The number of hydrogen-bond donors (Lipinski definition) is 3. The van der Waals surface area contributed by atoms with E-state index in [-0.39, 0.29) is 24.1 Å². The topological polar surface area (TPSA) is 121 Å². The summed E-state index contributed by atoms with van der Waals surface area (Å²) in [6.45, 7) is 5.07. The fourth-order valence-electron chi connectivity index (χ4n) is 1.21. The molecule has 0 saturated heterocycles. The molecule has 1 unspecified atom stereocenters. The molecule has 0 aliphatic rings. The zero-order valence-corrected chi connectivity index (χ0v) is 10.9. The van der Waals surface area contributed by atoms with Crippen molar-refractivity contribution in [1.29, 1.82) is 0 Å². The molecule has 18 heavy (non-hydrogen) atoms. The summed E-state index contributed by atoms with van der Waals surface area (Å²) in [4.78, 5) is 11.5. The molecule has 0 radical (unpaired) electrons. The first-order chi connectivity index (χ1) is 8.51. The zero-order chi connectivity index (χ0) is 13.5. The van der Waals surface area contributed by atoms with E-state index in [1.807, 2.05) is 0 Å². The second-order valence-corrected chi connectivity index (χ2v) is 4.19. The second kappa shape index (κ2) is 6.92. The highest BCUT2D eigenvalue weighted by Gasteiger charge is 2.12. The van der Waals surface area contributed by atoms with Gasteiger partial charge < -0.3 is 26.3 Å². The van der Waals surface area contributed by atoms with Crippen LogP contribution in [0.2, 0.25) is 0 Å². The summed E-state index contributed by atoms with van der Waals surface area (Å²) in [6, 6.07) is 0. The van der Waals surface area contributed by atoms with Crippen molar-refractivity contribution in [3.63, 3.8) is 0 Å². The first-order valence-corrected chi connectivity index (χ1v) is 5.65. The Labute approximate surface area is 106 Å². The maximum Gasteiger partial charge on any atom is 0.231 e. The van der Waals surface area contributed by atoms with Crippen molar-refractivity contribution in [2.45, 2.75) is 20.1 Å². The van der Waals surface area contributed by atoms with Gasteiger partial charge in [-0.25, -0.2) is 0 Å². The fourth-order valence-corrected chi connectivity index (χ4v) is 1.21. The molecule has 8 heteroatoms. The van der Waals surface area contributed by atoms with Crippen molar-refractivity contribution >= 4 is 17.8 Å². The van der Waals surface area contributed by atoms with Gasteiger partial charge in [0.15, 0.2) is 6.23 Å². The molecule has 0 spiro atoms. The average molecular weight is 256 g/mol. The highest BCUT2D eigenvalue weighted by atomic mass is 16.5. The quantitative estimate of drug-likeness (QED) is 0.587. The number of rotatable bonds is 7. The summed E-state index contributed by atoms with van der Waals surface area (Å²) in [5.74, 6) is 0.806. The Kier molecular flexibility index (Phi) is 5.53. The molecule has 0 aromatic carbocycles. The van der Waals surface area contributed by atoms with Gasteiger partial charge in [0.05, 0.1) is 13.2 Å². The number of nitrogens with zero attached hydrogens (tertiary/aromatic N) is 3. The first-order valence-electron chi connectivity index (χ1n) is 5.65. The molecule has 0 fully saturated rings. The molecular weight excluding hydrogens is 236 g/mol. The van der Waals surface area contributed by atoms with Crippen LogP contribution in [-0.2, 0) is 9.47 Å². The lowest BCUT2D eigenvalue weighted by atomic mass is 10.2. The number of anilines is 3. The minimum atomic E-state index is -0.362. The van der Waals surface area contributed by atoms with Gasteiger partial charge in [-0.2, -0.15) is 15.0 Å². The molecule has 5 N–H and O–H groups in total. The van der Waals surface area contributed by atoms with Gasteiger partial charge in [-0.05, 0) is 5.92 Å². The van der Waals surface area contributed by atoms with Crippen molar-refractivity contribution < 1.29 is 9.47 Å². The number of nitrogen functional groups attached to an aromatic ring is 2. The van der Waals surface area contributed by atoms with Crippen LogP contribution in [0.4, 0.5) is 17.8 Å². The second-order valence-electron chi connectivity index (χ2n) is 4.19. The summed E-state index contributed by atoms with van der Waals surface area (Å²) in [7, 11) is 1.59. The predicted octanol–water partition coefficient (Wildman–Crippen LogP) is 0.0930. The van der Waals surface area contributed by atoms with Gasteiger partial charge in [0.1, 0.15) is 0 Å². The summed E-state index contributed by atoms with van der Waals surface area (Å²) in [6.07, 6.45) is -0.362. The maximum absolute atomic E-state index is 5.61. The SMILES string of the molecule is COCC(Nc1nc(N)nc(N)n1)OCC(C)C. The number of hydrogen-bond acceptors (Lipinski definition) is 8. The number of ether oxygens (including phenoxy) is 2. The molecule has 0 aliphatic carbocycles. The molecule has 1 aromatic heterocycles. The third kappa shape index (κ3) is 5.11. The van der Waals surface area contributed by atoms with E-state index in [2.05, 4.69) is 34.1 Å². The lowest BCUT2D eigenvalue weighted by Crippen LogP contribution is -2.30. The van der Waals surface area contributed by atoms with E-state index in [1.165, 1.54) is 0 Å². The normalized spacial score (nSPS) is 12.7. The van der Waals surface area contributed by atoms with Crippen molar-refractivity contribution in [2.24, 2.45) is 5.92 Å². The minimum Gasteiger partial charge on any atom is -0.380 e. The molecule has 1 rings (SSSR count). The Morgan fingerprint density at radius 1 is 1.11 bits per heavy atom. The number of nitrogens with one attached hydrogen (secondary N) is 1.